The molecule has 0 saturated heterocycles. The van der Waals surface area contributed by atoms with Crippen molar-refractivity contribution in [3.63, 3.8) is 0 Å². The molecule has 33 heavy (non-hydrogen) atoms. The number of carbonyl (C=O) groups excluding carboxylic acids is 1. The Balaban J connectivity index is 1.75. The fraction of sp³-hybridized carbons (Fsp3) is 0.375. The lowest BCUT2D eigenvalue weighted by molar-refractivity contribution is -0.145. The van der Waals surface area contributed by atoms with E-state index in [0.717, 1.165) is 43.2 Å². The molecule has 0 bridgehead atoms. The maximum absolute atomic E-state index is 13.6. The molecular weight excluding hydrogens is 448 g/mol. The Morgan fingerprint density at radius 2 is 1.58 bits per heavy atom. The number of ether oxygens (including phenoxy) is 1. The average molecular weight is 469 g/mol. The van der Waals surface area contributed by atoms with E-state index in [4.69, 9.17) is 4.74 Å². The van der Waals surface area contributed by atoms with Crippen molar-refractivity contribution in [1.29, 1.82) is 0 Å². The number of hydrogen-bond donors (Lipinski definition) is 1. The highest BCUT2D eigenvalue weighted by atomic mass is 19.4. The van der Waals surface area contributed by atoms with Crippen molar-refractivity contribution in [2.45, 2.75) is 50.9 Å². The highest BCUT2D eigenvalue weighted by Crippen LogP contribution is 2.46. The quantitative estimate of drug-likeness (QED) is 0.305. The second kappa shape index (κ2) is 8.76. The number of H-pyrrole nitrogens is 1. The number of aromatic amines is 1. The van der Waals surface area contributed by atoms with Crippen LogP contribution in [-0.4, -0.2) is 11.3 Å². The number of alkyl halides is 6. The molecule has 1 aliphatic rings. The predicted molar refractivity (Wildman–Crippen MR) is 110 cm³/mol. The van der Waals surface area contributed by atoms with Crippen molar-refractivity contribution in [3.8, 4) is 11.5 Å². The third-order valence-corrected chi connectivity index (χ3v) is 6.05. The van der Waals surface area contributed by atoms with Crippen LogP contribution in [0.15, 0.2) is 36.5 Å². The highest BCUT2D eigenvalue weighted by molar-refractivity contribution is 5.85. The van der Waals surface area contributed by atoms with E-state index in [-0.39, 0.29) is 12.0 Å². The van der Waals surface area contributed by atoms with Crippen molar-refractivity contribution < 1.29 is 35.9 Å². The van der Waals surface area contributed by atoms with E-state index in [1.165, 1.54) is 18.6 Å². The van der Waals surface area contributed by atoms with Crippen LogP contribution in [0.4, 0.5) is 26.3 Å². The van der Waals surface area contributed by atoms with Crippen LogP contribution in [0.25, 0.3) is 10.9 Å². The number of halogens is 6. The summed E-state index contributed by atoms with van der Waals surface area (Å²) in [6.07, 6.45) is -2.07. The number of carbonyl (C=O) groups is 1. The Morgan fingerprint density at radius 3 is 2.15 bits per heavy atom. The van der Waals surface area contributed by atoms with Crippen LogP contribution in [0, 0.1) is 5.92 Å². The molecule has 3 nitrogen and oxygen atoms in total. The van der Waals surface area contributed by atoms with Gasteiger partial charge >= 0.3 is 12.4 Å². The lowest BCUT2D eigenvalue weighted by Crippen LogP contribution is -2.15. The van der Waals surface area contributed by atoms with E-state index in [1.54, 1.807) is 6.07 Å². The summed E-state index contributed by atoms with van der Waals surface area (Å²) in [5.74, 6) is -1.03. The zero-order valence-corrected chi connectivity index (χ0v) is 17.4. The first-order chi connectivity index (χ1) is 15.6. The monoisotopic (exact) mass is 469 g/mol. The number of benzene rings is 2. The molecule has 0 amide bonds. The molecule has 9 heteroatoms. The minimum absolute atomic E-state index is 0.0579. The van der Waals surface area contributed by atoms with Gasteiger partial charge in [0.05, 0.1) is 11.1 Å². The number of fused-ring (bicyclic) bond motifs is 1. The van der Waals surface area contributed by atoms with E-state index in [9.17, 15) is 31.1 Å². The molecule has 3 aromatic rings. The van der Waals surface area contributed by atoms with Gasteiger partial charge in [-0.05, 0) is 48.2 Å². The molecular formula is C24H21F6NO2. The molecule has 2 aromatic carbocycles. The summed E-state index contributed by atoms with van der Waals surface area (Å²) >= 11 is 0. The fourth-order valence-electron chi connectivity index (χ4n) is 4.46. The van der Waals surface area contributed by atoms with Gasteiger partial charge in [0.15, 0.2) is 5.75 Å². The molecule has 0 radical (unpaired) electrons. The van der Waals surface area contributed by atoms with Crippen LogP contribution in [0.2, 0.25) is 0 Å². The van der Waals surface area contributed by atoms with Crippen LogP contribution < -0.4 is 4.74 Å². The molecule has 1 aliphatic carbocycles. The van der Waals surface area contributed by atoms with Gasteiger partial charge in [0.25, 0.3) is 0 Å². The topological polar surface area (TPSA) is 42.1 Å². The lowest BCUT2D eigenvalue weighted by atomic mass is 9.85. The van der Waals surface area contributed by atoms with Gasteiger partial charge in [-0.1, -0.05) is 32.1 Å². The molecule has 1 aromatic heterocycles. The van der Waals surface area contributed by atoms with Crippen LogP contribution >= 0.6 is 0 Å². The van der Waals surface area contributed by atoms with Crippen molar-refractivity contribution in [1.82, 2.24) is 4.98 Å². The molecule has 176 valence electrons. The summed E-state index contributed by atoms with van der Waals surface area (Å²) in [5.41, 5.74) is -2.38. The average Bonchev–Trinajstić information content (AvgIpc) is 3.15. The van der Waals surface area contributed by atoms with Gasteiger partial charge in [0.2, 0.25) is 0 Å². The zero-order chi connectivity index (χ0) is 23.8. The maximum Gasteiger partial charge on any atom is 0.420 e. The number of aldehydes is 1. The molecule has 1 fully saturated rings. The Hall–Kier alpha value is -2.97. The first kappa shape index (κ1) is 23.2. The summed E-state index contributed by atoms with van der Waals surface area (Å²) in [6.45, 7) is 0. The maximum atomic E-state index is 13.6. The summed E-state index contributed by atoms with van der Waals surface area (Å²) in [6, 6.07) is 5.06. The summed E-state index contributed by atoms with van der Waals surface area (Å²) in [5, 5.41) is 0.699. The zero-order valence-electron chi connectivity index (χ0n) is 17.4. The molecule has 1 saturated carbocycles. The highest BCUT2D eigenvalue weighted by Gasteiger charge is 2.43. The third-order valence-electron chi connectivity index (χ3n) is 6.05. The Labute approximate surface area is 185 Å². The van der Waals surface area contributed by atoms with Crippen LogP contribution in [0.3, 0.4) is 0 Å². The first-order valence-corrected chi connectivity index (χ1v) is 10.6. The lowest BCUT2D eigenvalue weighted by Gasteiger charge is -2.21. The van der Waals surface area contributed by atoms with Gasteiger partial charge in [-0.3, -0.25) is 4.79 Å². The van der Waals surface area contributed by atoms with Crippen LogP contribution in [-0.2, 0) is 18.8 Å². The molecule has 4 rings (SSSR count). The van der Waals surface area contributed by atoms with Crippen LogP contribution in [0.1, 0.15) is 59.2 Å². The minimum Gasteiger partial charge on any atom is -0.456 e. The molecule has 0 spiro atoms. The molecule has 0 aliphatic heterocycles. The summed E-state index contributed by atoms with van der Waals surface area (Å²) in [4.78, 5) is 14.1. The van der Waals surface area contributed by atoms with Gasteiger partial charge in [-0.2, -0.15) is 26.3 Å². The van der Waals surface area contributed by atoms with Gasteiger partial charge in [-0.25, -0.2) is 0 Å². The number of nitrogens with one attached hydrogen (secondary N) is 1. The summed E-state index contributed by atoms with van der Waals surface area (Å²) < 4.78 is 86.8. The van der Waals surface area contributed by atoms with Crippen molar-refractivity contribution in [2.75, 3.05) is 0 Å². The SMILES string of the molecule is O=Cc1cc(C(F)(F)F)c(Oc2ccc3[nH]cc(CC4CCCCC4)c3c2)c(C(F)(F)F)c1. The fourth-order valence-corrected chi connectivity index (χ4v) is 4.46. The number of hydrogen-bond acceptors (Lipinski definition) is 2. The van der Waals surface area contributed by atoms with Crippen molar-refractivity contribution in [3.05, 3.63) is 58.8 Å². The van der Waals surface area contributed by atoms with Gasteiger partial charge in [-0.15, -0.1) is 0 Å². The van der Waals surface area contributed by atoms with E-state index in [0.29, 0.717) is 23.4 Å². The number of aromatic nitrogens is 1. The van der Waals surface area contributed by atoms with E-state index in [2.05, 4.69) is 4.98 Å². The molecule has 1 N–H and O–H groups in total. The van der Waals surface area contributed by atoms with Crippen molar-refractivity contribution >= 4 is 17.2 Å². The molecule has 1 heterocycles. The molecule has 0 atom stereocenters. The van der Waals surface area contributed by atoms with Crippen molar-refractivity contribution in [2.24, 2.45) is 5.92 Å². The van der Waals surface area contributed by atoms with Gasteiger partial charge < -0.3 is 9.72 Å². The van der Waals surface area contributed by atoms with E-state index >= 15 is 0 Å². The third kappa shape index (κ3) is 5.02. The minimum atomic E-state index is -5.15. The van der Waals surface area contributed by atoms with Crippen LogP contribution in [0.5, 0.6) is 11.5 Å². The normalized spacial score (nSPS) is 15.7. The second-order valence-corrected chi connectivity index (χ2v) is 8.39. The Bertz CT molecular complexity index is 1120. The summed E-state index contributed by atoms with van der Waals surface area (Å²) in [7, 11) is 0. The Kier molecular flexibility index (Phi) is 6.16. The standard InChI is InChI=1S/C24H21F6NO2/c25-23(26,27)19-9-15(13-32)10-20(24(28,29)30)22(19)33-17-6-7-21-18(11-17)16(12-31-21)8-14-4-2-1-3-5-14/h6-7,9-14,31H,1-5,8H2. The molecule has 0 unspecified atom stereocenters. The smallest absolute Gasteiger partial charge is 0.420 e. The van der Waals surface area contributed by atoms with Gasteiger partial charge in [0.1, 0.15) is 12.0 Å². The van der Waals surface area contributed by atoms with E-state index in [1.807, 2.05) is 6.20 Å². The number of rotatable bonds is 5. The largest absolute Gasteiger partial charge is 0.456 e. The van der Waals surface area contributed by atoms with E-state index < -0.39 is 34.8 Å². The predicted octanol–water partition coefficient (Wildman–Crippen LogP) is 7.93. The van der Waals surface area contributed by atoms with Gasteiger partial charge in [0, 0.05) is 22.7 Å². The first-order valence-electron chi connectivity index (χ1n) is 10.6. The second-order valence-electron chi connectivity index (χ2n) is 8.39. The Morgan fingerprint density at radius 1 is 0.939 bits per heavy atom.